The van der Waals surface area contributed by atoms with Crippen LogP contribution in [0.4, 0.5) is 5.69 Å². The van der Waals surface area contributed by atoms with Crippen molar-refractivity contribution in [1.29, 1.82) is 0 Å². The maximum Gasteiger partial charge on any atom is 0.252 e. The zero-order valence-electron chi connectivity index (χ0n) is 21.1. The highest BCUT2D eigenvalue weighted by Crippen LogP contribution is 2.36. The van der Waals surface area contributed by atoms with Crippen molar-refractivity contribution in [3.05, 3.63) is 65.5 Å². The molecule has 3 aromatic rings. The van der Waals surface area contributed by atoms with Crippen LogP contribution in [0.5, 0.6) is 5.75 Å². The monoisotopic (exact) mass is 473 g/mol. The second kappa shape index (κ2) is 9.74. The predicted molar refractivity (Wildman–Crippen MR) is 139 cm³/mol. The Bertz CT molecular complexity index is 1210. The fraction of sp³-hybridized carbons (Fsp3) is 0.429. The molecule has 1 saturated carbocycles. The summed E-state index contributed by atoms with van der Waals surface area (Å²) >= 11 is 0. The number of anilines is 1. The minimum Gasteiger partial charge on any atom is -0.497 e. The van der Waals surface area contributed by atoms with E-state index in [-0.39, 0.29) is 11.9 Å². The molecule has 0 unspecified atom stereocenters. The molecule has 0 spiro atoms. The second-order valence-corrected chi connectivity index (χ2v) is 9.92. The van der Waals surface area contributed by atoms with Crippen LogP contribution in [-0.4, -0.2) is 60.9 Å². The lowest BCUT2D eigenvalue weighted by molar-refractivity contribution is 0.0939. The minimum atomic E-state index is -0.179. The molecule has 184 valence electrons. The van der Waals surface area contributed by atoms with E-state index in [1.165, 1.54) is 12.8 Å². The lowest BCUT2D eigenvalue weighted by atomic mass is 10.0. The molecular weight excluding hydrogens is 438 g/mol. The van der Waals surface area contributed by atoms with Crippen LogP contribution < -0.4 is 15.0 Å². The standard InChI is InChI=1S/C28H35N5O2/c1-19-5-6-25(32-11-9-31(3)10-12-32)16-27(19)28(34)30-20(2)21-13-22(15-26(14-21)35-4)23-17-29-33(18-23)24-7-8-24/h5-6,13-18,20,24H,7-12H2,1-4H3,(H,30,34)/t20-/m1/s1. The molecular formula is C28H35N5O2. The van der Waals surface area contributed by atoms with Crippen LogP contribution >= 0.6 is 0 Å². The van der Waals surface area contributed by atoms with E-state index in [0.717, 1.165) is 65.4 Å². The van der Waals surface area contributed by atoms with Crippen molar-refractivity contribution in [2.24, 2.45) is 0 Å². The Balaban J connectivity index is 1.35. The first kappa shape index (κ1) is 23.4. The van der Waals surface area contributed by atoms with Gasteiger partial charge in [-0.2, -0.15) is 5.10 Å². The molecule has 7 heteroatoms. The summed E-state index contributed by atoms with van der Waals surface area (Å²) in [5.41, 5.74) is 5.91. The molecule has 1 aliphatic carbocycles. The summed E-state index contributed by atoms with van der Waals surface area (Å²) < 4.78 is 7.64. The Kier molecular flexibility index (Phi) is 6.52. The zero-order chi connectivity index (χ0) is 24.5. The van der Waals surface area contributed by atoms with E-state index in [0.29, 0.717) is 6.04 Å². The third-order valence-corrected chi connectivity index (χ3v) is 7.20. The van der Waals surface area contributed by atoms with Gasteiger partial charge >= 0.3 is 0 Å². The average Bonchev–Trinajstić information content (AvgIpc) is 3.60. The maximum atomic E-state index is 13.3. The van der Waals surface area contributed by atoms with Gasteiger partial charge in [0.2, 0.25) is 0 Å². The van der Waals surface area contributed by atoms with Crippen LogP contribution in [0, 0.1) is 6.92 Å². The highest BCUT2D eigenvalue weighted by atomic mass is 16.5. The number of hydrogen-bond donors (Lipinski definition) is 1. The number of methoxy groups -OCH3 is 1. The van der Waals surface area contributed by atoms with Gasteiger partial charge in [-0.05, 0) is 80.8 Å². The van der Waals surface area contributed by atoms with E-state index >= 15 is 0 Å². The number of nitrogens with one attached hydrogen (secondary N) is 1. The Morgan fingerprint density at radius 1 is 1.09 bits per heavy atom. The fourth-order valence-electron chi connectivity index (χ4n) is 4.66. The van der Waals surface area contributed by atoms with E-state index in [1.54, 1.807) is 7.11 Å². The van der Waals surface area contributed by atoms with Gasteiger partial charge < -0.3 is 19.9 Å². The van der Waals surface area contributed by atoms with Gasteiger partial charge in [-0.25, -0.2) is 0 Å². The van der Waals surface area contributed by atoms with Crippen LogP contribution in [0.2, 0.25) is 0 Å². The highest BCUT2D eigenvalue weighted by Gasteiger charge is 2.24. The number of aryl methyl sites for hydroxylation is 1. The highest BCUT2D eigenvalue weighted by molar-refractivity contribution is 5.97. The fourth-order valence-corrected chi connectivity index (χ4v) is 4.66. The number of ether oxygens (including phenoxy) is 1. The molecule has 1 atom stereocenters. The van der Waals surface area contributed by atoms with Gasteiger partial charge in [0.1, 0.15) is 5.75 Å². The second-order valence-electron chi connectivity index (χ2n) is 9.92. The van der Waals surface area contributed by atoms with Crippen molar-refractivity contribution in [3.8, 4) is 16.9 Å². The molecule has 7 nitrogen and oxygen atoms in total. The first-order valence-electron chi connectivity index (χ1n) is 12.5. The smallest absolute Gasteiger partial charge is 0.252 e. The third kappa shape index (κ3) is 5.20. The van der Waals surface area contributed by atoms with Crippen molar-refractivity contribution in [2.75, 3.05) is 45.2 Å². The van der Waals surface area contributed by atoms with Crippen molar-refractivity contribution in [2.45, 2.75) is 38.8 Å². The number of piperazine rings is 1. The summed E-state index contributed by atoms with van der Waals surface area (Å²) in [6, 6.07) is 12.7. The van der Waals surface area contributed by atoms with Crippen LogP contribution in [0.1, 0.15) is 53.3 Å². The average molecular weight is 474 g/mol. The van der Waals surface area contributed by atoms with E-state index in [1.807, 2.05) is 38.2 Å². The molecule has 2 heterocycles. The number of hydrogen-bond acceptors (Lipinski definition) is 5. The molecule has 1 N–H and O–H groups in total. The number of carbonyl (C=O) groups excluding carboxylic acids is 1. The molecule has 0 bridgehead atoms. The SMILES string of the molecule is COc1cc(-c2cnn(C3CC3)c2)cc([C@@H](C)NC(=O)c2cc(N3CCN(C)CC3)ccc2C)c1. The van der Waals surface area contributed by atoms with Crippen molar-refractivity contribution in [1.82, 2.24) is 20.0 Å². The number of amides is 1. The normalized spacial score (nSPS) is 17.3. The zero-order valence-corrected chi connectivity index (χ0v) is 21.1. The van der Waals surface area contributed by atoms with Gasteiger partial charge in [-0.1, -0.05) is 6.07 Å². The van der Waals surface area contributed by atoms with Crippen LogP contribution in [0.15, 0.2) is 48.8 Å². The van der Waals surface area contributed by atoms with Gasteiger partial charge in [0.25, 0.3) is 5.91 Å². The summed E-state index contributed by atoms with van der Waals surface area (Å²) in [6.07, 6.45) is 6.41. The van der Waals surface area contributed by atoms with Crippen molar-refractivity contribution < 1.29 is 9.53 Å². The predicted octanol–water partition coefficient (Wildman–Crippen LogP) is 4.44. The topological polar surface area (TPSA) is 62.6 Å². The Morgan fingerprint density at radius 3 is 2.57 bits per heavy atom. The van der Waals surface area contributed by atoms with Gasteiger partial charge in [-0.15, -0.1) is 0 Å². The van der Waals surface area contributed by atoms with E-state index in [4.69, 9.17) is 4.74 Å². The van der Waals surface area contributed by atoms with Crippen molar-refractivity contribution in [3.63, 3.8) is 0 Å². The van der Waals surface area contributed by atoms with Crippen LogP contribution in [-0.2, 0) is 0 Å². The first-order chi connectivity index (χ1) is 16.9. The minimum absolute atomic E-state index is 0.0584. The Labute approximate surface area is 207 Å². The number of benzene rings is 2. The molecule has 1 saturated heterocycles. The van der Waals surface area contributed by atoms with E-state index in [9.17, 15) is 4.79 Å². The van der Waals surface area contributed by atoms with E-state index < -0.39 is 0 Å². The molecule has 2 fully saturated rings. The maximum absolute atomic E-state index is 13.3. The summed E-state index contributed by atoms with van der Waals surface area (Å²) in [7, 11) is 3.82. The Morgan fingerprint density at radius 2 is 1.86 bits per heavy atom. The molecule has 1 aromatic heterocycles. The van der Waals surface area contributed by atoms with Gasteiger partial charge in [0.15, 0.2) is 0 Å². The van der Waals surface area contributed by atoms with Crippen LogP contribution in [0.25, 0.3) is 11.1 Å². The number of likely N-dealkylation sites (N-methyl/N-ethyl adjacent to an activating group) is 1. The van der Waals surface area contributed by atoms with Gasteiger partial charge in [0.05, 0.1) is 25.4 Å². The molecule has 5 rings (SSSR count). The number of carbonyl (C=O) groups is 1. The van der Waals surface area contributed by atoms with Gasteiger partial charge in [0, 0.05) is 49.2 Å². The molecule has 2 aromatic carbocycles. The molecule has 0 radical (unpaired) electrons. The number of nitrogens with zero attached hydrogens (tertiary/aromatic N) is 4. The summed E-state index contributed by atoms with van der Waals surface area (Å²) in [5, 5.41) is 7.74. The molecule has 35 heavy (non-hydrogen) atoms. The molecule has 1 aliphatic heterocycles. The summed E-state index contributed by atoms with van der Waals surface area (Å²) in [6.45, 7) is 8.02. The van der Waals surface area contributed by atoms with Gasteiger partial charge in [-0.3, -0.25) is 9.48 Å². The summed E-state index contributed by atoms with van der Waals surface area (Å²) in [5.74, 6) is 0.711. The number of rotatable bonds is 7. The number of aromatic nitrogens is 2. The molecule has 2 aliphatic rings. The summed E-state index contributed by atoms with van der Waals surface area (Å²) in [4.78, 5) is 18.0. The van der Waals surface area contributed by atoms with Crippen molar-refractivity contribution >= 4 is 11.6 Å². The quantitative estimate of drug-likeness (QED) is 0.550. The first-order valence-corrected chi connectivity index (χ1v) is 12.5. The third-order valence-electron chi connectivity index (χ3n) is 7.20. The Hall–Kier alpha value is -3.32. The van der Waals surface area contributed by atoms with Crippen LogP contribution in [0.3, 0.4) is 0 Å². The lowest BCUT2D eigenvalue weighted by Crippen LogP contribution is -2.44. The largest absolute Gasteiger partial charge is 0.497 e. The van der Waals surface area contributed by atoms with E-state index in [2.05, 4.69) is 56.3 Å². The molecule has 1 amide bonds. The lowest BCUT2D eigenvalue weighted by Gasteiger charge is -2.34.